The Labute approximate surface area is 237 Å². The van der Waals surface area contributed by atoms with Gasteiger partial charge in [-0.15, -0.1) is 0 Å². The Balaban J connectivity index is 0.000000469. The Morgan fingerprint density at radius 2 is 1.90 bits per heavy atom. The number of carboxylic acid groups (broad SMARTS) is 1. The summed E-state index contributed by atoms with van der Waals surface area (Å²) in [5.41, 5.74) is -0.00929. The molecule has 0 aromatic rings. The number of rotatable bonds is 10. The van der Waals surface area contributed by atoms with E-state index in [0.717, 1.165) is 32.0 Å². The number of likely N-dealkylation sites (tertiary alicyclic amines) is 1. The number of aliphatic carboxylic acids is 1. The number of allylic oxidation sites excluding steroid dienone is 8. The van der Waals surface area contributed by atoms with Gasteiger partial charge in [0.25, 0.3) is 0 Å². The van der Waals surface area contributed by atoms with Crippen molar-refractivity contribution in [3.05, 3.63) is 82.0 Å². The second-order valence-electron chi connectivity index (χ2n) is 9.77. The second-order valence-corrected chi connectivity index (χ2v) is 10.2. The minimum atomic E-state index is -4.57. The van der Waals surface area contributed by atoms with E-state index < -0.39 is 23.5 Å². The Morgan fingerprint density at radius 1 is 1.23 bits per heavy atom. The van der Waals surface area contributed by atoms with Gasteiger partial charge in [0, 0.05) is 23.7 Å². The Morgan fingerprint density at radius 3 is 2.50 bits per heavy atom. The standard InChI is InChI=1S/C22H23ClF4N2O.C7H13NO2/c1-14(17-8-7-16(13-30)11-19(17)22(25,26)27)12-29-15(2)28-10-9-18-20(23)5-3-4-6-21(18)24;1-8-4-2-6(3-5-8)7(9)10/h4-6,11,13,28-29H,1-3,7-10,12H2;6H,2-5H2,1H3,(H,9,10). The number of halogens is 5. The molecular weight excluding hydrogens is 550 g/mol. The van der Waals surface area contributed by atoms with Crippen molar-refractivity contribution in [2.45, 2.75) is 44.7 Å². The van der Waals surface area contributed by atoms with Gasteiger partial charge in [-0.2, -0.15) is 13.2 Å². The van der Waals surface area contributed by atoms with E-state index in [-0.39, 0.29) is 42.0 Å². The van der Waals surface area contributed by atoms with Gasteiger partial charge in [-0.3, -0.25) is 9.59 Å². The van der Waals surface area contributed by atoms with Crippen LogP contribution in [0.3, 0.4) is 0 Å². The number of nitrogens with zero attached hydrogens (tertiary/aromatic N) is 1. The predicted molar refractivity (Wildman–Crippen MR) is 149 cm³/mol. The lowest BCUT2D eigenvalue weighted by Crippen LogP contribution is -2.33. The van der Waals surface area contributed by atoms with Crippen LogP contribution in [-0.4, -0.2) is 61.7 Å². The fourth-order valence-corrected chi connectivity index (χ4v) is 4.63. The molecule has 0 bridgehead atoms. The third-order valence-electron chi connectivity index (χ3n) is 6.77. The first-order valence-corrected chi connectivity index (χ1v) is 13.3. The van der Waals surface area contributed by atoms with Crippen molar-refractivity contribution in [3.63, 3.8) is 0 Å². The molecule has 6 nitrogen and oxygen atoms in total. The third kappa shape index (κ3) is 10.5. The van der Waals surface area contributed by atoms with Crippen LogP contribution in [0.1, 0.15) is 38.5 Å². The summed E-state index contributed by atoms with van der Waals surface area (Å²) in [7, 11) is 2.03. The number of nitrogens with one attached hydrogen (secondary N) is 2. The lowest BCUT2D eigenvalue weighted by atomic mass is 9.88. The van der Waals surface area contributed by atoms with Crippen molar-refractivity contribution in [2.24, 2.45) is 5.92 Å². The van der Waals surface area contributed by atoms with Crippen LogP contribution < -0.4 is 10.6 Å². The molecule has 3 N–H and O–H groups in total. The lowest BCUT2D eigenvalue weighted by Gasteiger charge is -2.25. The van der Waals surface area contributed by atoms with Crippen LogP contribution in [-0.2, 0) is 9.59 Å². The largest absolute Gasteiger partial charge is 0.481 e. The fraction of sp³-hybridized carbons (Fsp3) is 0.448. The molecule has 3 rings (SSSR count). The van der Waals surface area contributed by atoms with E-state index in [0.29, 0.717) is 42.1 Å². The summed E-state index contributed by atoms with van der Waals surface area (Å²) in [6, 6.07) is 0. The zero-order valence-electron chi connectivity index (χ0n) is 22.6. The number of hydrogen-bond donors (Lipinski definition) is 3. The lowest BCUT2D eigenvalue weighted by molar-refractivity contribution is -0.143. The minimum Gasteiger partial charge on any atom is -0.481 e. The van der Waals surface area contributed by atoms with Gasteiger partial charge < -0.3 is 20.6 Å². The molecular formula is C29H36ClF4N3O3. The van der Waals surface area contributed by atoms with Crippen molar-refractivity contribution in [3.8, 4) is 0 Å². The van der Waals surface area contributed by atoms with Crippen molar-refractivity contribution >= 4 is 23.9 Å². The molecule has 220 valence electrons. The molecule has 0 aromatic carbocycles. The number of carbonyl (C=O) groups is 2. The first-order chi connectivity index (χ1) is 18.8. The van der Waals surface area contributed by atoms with Gasteiger partial charge in [0.15, 0.2) is 0 Å². The van der Waals surface area contributed by atoms with Crippen molar-refractivity contribution in [2.75, 3.05) is 33.2 Å². The molecule has 40 heavy (non-hydrogen) atoms. The first kappa shape index (κ1) is 33.1. The molecule has 0 amide bonds. The van der Waals surface area contributed by atoms with E-state index in [2.05, 4.69) is 28.7 Å². The van der Waals surface area contributed by atoms with E-state index in [9.17, 15) is 27.2 Å². The molecule has 1 heterocycles. The summed E-state index contributed by atoms with van der Waals surface area (Å²) >= 11 is 6.08. The Kier molecular flexibility index (Phi) is 12.9. The zero-order valence-corrected chi connectivity index (χ0v) is 23.3. The summed E-state index contributed by atoms with van der Waals surface area (Å²) < 4.78 is 54.0. The first-order valence-electron chi connectivity index (χ1n) is 13.0. The van der Waals surface area contributed by atoms with Gasteiger partial charge >= 0.3 is 12.1 Å². The monoisotopic (exact) mass is 585 g/mol. The highest BCUT2D eigenvalue weighted by molar-refractivity contribution is 6.32. The van der Waals surface area contributed by atoms with E-state index in [4.69, 9.17) is 16.7 Å². The van der Waals surface area contributed by atoms with E-state index in [1.54, 1.807) is 12.2 Å². The van der Waals surface area contributed by atoms with Gasteiger partial charge in [-0.25, -0.2) is 4.39 Å². The molecule has 0 unspecified atom stereocenters. The highest BCUT2D eigenvalue weighted by Gasteiger charge is 2.37. The summed E-state index contributed by atoms with van der Waals surface area (Å²) in [4.78, 5) is 23.5. The SMILES string of the molecule is C=C(NCCC1=C(F)C=CCC=C1Cl)NCC(=C)C1=C(C(F)(F)F)C=C(C=O)CC1.CN1CCC(C(=O)O)CC1. The summed E-state index contributed by atoms with van der Waals surface area (Å²) in [5.74, 6) is -0.742. The molecule has 2 aliphatic carbocycles. The molecule has 1 fully saturated rings. The number of carbonyl (C=O) groups excluding carboxylic acids is 1. The molecule has 1 saturated heterocycles. The smallest absolute Gasteiger partial charge is 0.416 e. The molecule has 0 atom stereocenters. The summed E-state index contributed by atoms with van der Waals surface area (Å²) in [6.45, 7) is 9.76. The summed E-state index contributed by atoms with van der Waals surface area (Å²) in [5, 5.41) is 14.8. The average molecular weight is 586 g/mol. The molecule has 1 aliphatic heterocycles. The zero-order chi connectivity index (χ0) is 29.9. The molecule has 0 radical (unpaired) electrons. The Hall–Kier alpha value is -3.11. The number of alkyl halides is 3. The van der Waals surface area contributed by atoms with Crippen LogP contribution in [0, 0.1) is 5.92 Å². The molecule has 3 aliphatic rings. The molecule has 0 spiro atoms. The average Bonchev–Trinajstić information content (AvgIpc) is 3.07. The van der Waals surface area contributed by atoms with Crippen LogP contribution in [0.15, 0.2) is 82.0 Å². The van der Waals surface area contributed by atoms with Gasteiger partial charge in [0.1, 0.15) is 12.1 Å². The van der Waals surface area contributed by atoms with Crippen LogP contribution >= 0.6 is 11.6 Å². The number of carboxylic acids is 1. The van der Waals surface area contributed by atoms with Crippen LogP contribution in [0.4, 0.5) is 17.6 Å². The topological polar surface area (TPSA) is 81.7 Å². The van der Waals surface area contributed by atoms with E-state index >= 15 is 0 Å². The number of piperidine rings is 1. The summed E-state index contributed by atoms with van der Waals surface area (Å²) in [6.07, 6.45) is 4.34. The Bertz CT molecular complexity index is 1130. The van der Waals surface area contributed by atoms with Gasteiger partial charge in [-0.1, -0.05) is 36.9 Å². The maximum atomic E-state index is 14.0. The van der Waals surface area contributed by atoms with Gasteiger partial charge in [0.2, 0.25) is 0 Å². The normalized spacial score (nSPS) is 18.6. The van der Waals surface area contributed by atoms with Crippen molar-refractivity contribution < 1.29 is 32.3 Å². The van der Waals surface area contributed by atoms with Gasteiger partial charge in [0.05, 0.1) is 17.3 Å². The number of aldehydes is 1. The van der Waals surface area contributed by atoms with E-state index in [1.165, 1.54) is 6.08 Å². The minimum absolute atomic E-state index is 0.0471. The maximum Gasteiger partial charge on any atom is 0.416 e. The third-order valence-corrected chi connectivity index (χ3v) is 7.15. The quantitative estimate of drug-likeness (QED) is 0.213. The van der Waals surface area contributed by atoms with Crippen molar-refractivity contribution in [1.82, 2.24) is 15.5 Å². The van der Waals surface area contributed by atoms with Crippen LogP contribution in [0.5, 0.6) is 0 Å². The van der Waals surface area contributed by atoms with Gasteiger partial charge in [-0.05, 0) is 87.5 Å². The fourth-order valence-electron chi connectivity index (χ4n) is 4.36. The van der Waals surface area contributed by atoms with E-state index in [1.807, 2.05) is 7.05 Å². The number of hydrogen-bond acceptors (Lipinski definition) is 5. The highest BCUT2D eigenvalue weighted by Crippen LogP contribution is 2.37. The van der Waals surface area contributed by atoms with Crippen molar-refractivity contribution in [1.29, 1.82) is 0 Å². The highest BCUT2D eigenvalue weighted by atomic mass is 35.5. The predicted octanol–water partition coefficient (Wildman–Crippen LogP) is 6.08. The molecule has 0 saturated carbocycles. The molecule has 0 aromatic heterocycles. The maximum absolute atomic E-state index is 14.0. The second kappa shape index (κ2) is 15.6. The van der Waals surface area contributed by atoms with Crippen LogP contribution in [0.2, 0.25) is 0 Å². The molecule has 11 heteroatoms. The van der Waals surface area contributed by atoms with Crippen LogP contribution in [0.25, 0.3) is 0 Å².